The van der Waals surface area contributed by atoms with Crippen molar-refractivity contribution < 1.29 is 9.53 Å². The van der Waals surface area contributed by atoms with Crippen LogP contribution in [0.4, 0.5) is 0 Å². The van der Waals surface area contributed by atoms with Gasteiger partial charge in [-0.3, -0.25) is 9.79 Å². The van der Waals surface area contributed by atoms with Crippen molar-refractivity contribution in [3.63, 3.8) is 0 Å². The normalized spacial score (nSPS) is 12.6. The topological polar surface area (TPSA) is 74.8 Å². The molecule has 0 aliphatic heterocycles. The van der Waals surface area contributed by atoms with Crippen LogP contribution in [-0.4, -0.2) is 51.8 Å². The van der Waals surface area contributed by atoms with Crippen molar-refractivity contribution in [3.05, 3.63) is 35.9 Å². The molecule has 0 radical (unpaired) electrons. The zero-order valence-electron chi connectivity index (χ0n) is 13.6. The average Bonchev–Trinajstić information content (AvgIpc) is 2.52. The molecule has 1 unspecified atom stereocenters. The number of nitrogens with zero attached hydrogens (tertiary/aromatic N) is 1. The van der Waals surface area contributed by atoms with Crippen LogP contribution in [0.5, 0.6) is 0 Å². The number of methoxy groups -OCH3 is 1. The largest absolute Gasteiger partial charge is 0.383 e. The van der Waals surface area contributed by atoms with Gasteiger partial charge in [0.1, 0.15) is 0 Å². The van der Waals surface area contributed by atoms with E-state index in [0.717, 1.165) is 6.42 Å². The van der Waals surface area contributed by atoms with Gasteiger partial charge in [0, 0.05) is 26.7 Å². The summed E-state index contributed by atoms with van der Waals surface area (Å²) in [5.74, 6) is 0.529. The Balaban J connectivity index is 2.21. The summed E-state index contributed by atoms with van der Waals surface area (Å²) in [4.78, 5) is 15.9. The monoisotopic (exact) mass is 306 g/mol. The number of carbonyl (C=O) groups is 1. The van der Waals surface area contributed by atoms with E-state index in [9.17, 15) is 4.79 Å². The third kappa shape index (κ3) is 7.64. The molecule has 3 N–H and O–H groups in total. The first-order valence-corrected chi connectivity index (χ1v) is 7.42. The van der Waals surface area contributed by atoms with E-state index < -0.39 is 0 Å². The van der Waals surface area contributed by atoms with Crippen molar-refractivity contribution >= 4 is 11.9 Å². The molecular weight excluding hydrogens is 280 g/mol. The summed E-state index contributed by atoms with van der Waals surface area (Å²) < 4.78 is 5.05. The number of nitrogens with one attached hydrogen (secondary N) is 3. The molecule has 0 bridgehead atoms. The molecule has 1 aromatic carbocycles. The molecule has 0 heterocycles. The first-order valence-electron chi connectivity index (χ1n) is 7.42. The zero-order valence-corrected chi connectivity index (χ0v) is 13.6. The highest BCUT2D eigenvalue weighted by molar-refractivity contribution is 5.86. The van der Waals surface area contributed by atoms with Crippen LogP contribution < -0.4 is 16.0 Å². The zero-order chi connectivity index (χ0) is 16.2. The lowest BCUT2D eigenvalue weighted by atomic mass is 10.1. The number of hydrogen-bond acceptors (Lipinski definition) is 3. The van der Waals surface area contributed by atoms with Crippen LogP contribution in [0.2, 0.25) is 0 Å². The molecule has 0 saturated carbocycles. The summed E-state index contributed by atoms with van der Waals surface area (Å²) in [6.45, 7) is 3.37. The third-order valence-electron chi connectivity index (χ3n) is 3.02. The Morgan fingerprint density at radius 3 is 2.64 bits per heavy atom. The fourth-order valence-corrected chi connectivity index (χ4v) is 1.94. The van der Waals surface area contributed by atoms with Gasteiger partial charge in [-0.1, -0.05) is 30.3 Å². The Morgan fingerprint density at radius 1 is 1.27 bits per heavy atom. The van der Waals surface area contributed by atoms with E-state index in [4.69, 9.17) is 4.74 Å². The van der Waals surface area contributed by atoms with Gasteiger partial charge in [0.15, 0.2) is 5.96 Å². The van der Waals surface area contributed by atoms with Crippen molar-refractivity contribution in [2.75, 3.05) is 33.9 Å². The van der Waals surface area contributed by atoms with Crippen LogP contribution in [0, 0.1) is 0 Å². The number of guanidine groups is 1. The fourth-order valence-electron chi connectivity index (χ4n) is 1.94. The minimum absolute atomic E-state index is 0.0572. The smallest absolute Gasteiger partial charge is 0.239 e. The number of ether oxygens (including phenoxy) is 1. The van der Waals surface area contributed by atoms with Gasteiger partial charge in [-0.15, -0.1) is 0 Å². The molecule has 22 heavy (non-hydrogen) atoms. The highest BCUT2D eigenvalue weighted by Gasteiger charge is 2.06. The molecule has 0 aromatic heterocycles. The molecule has 6 heteroatoms. The van der Waals surface area contributed by atoms with Crippen molar-refractivity contribution in [1.82, 2.24) is 16.0 Å². The van der Waals surface area contributed by atoms with Crippen LogP contribution in [0.15, 0.2) is 35.3 Å². The Bertz CT molecular complexity index is 462. The van der Waals surface area contributed by atoms with Crippen molar-refractivity contribution in [3.8, 4) is 0 Å². The second-order valence-electron chi connectivity index (χ2n) is 5.01. The molecule has 1 amide bonds. The van der Waals surface area contributed by atoms with E-state index in [2.05, 4.69) is 20.9 Å². The molecule has 6 nitrogen and oxygen atoms in total. The number of carbonyl (C=O) groups excluding carboxylic acids is 1. The minimum atomic E-state index is -0.0572. The average molecular weight is 306 g/mol. The van der Waals surface area contributed by atoms with E-state index in [-0.39, 0.29) is 18.5 Å². The quantitative estimate of drug-likeness (QED) is 0.484. The summed E-state index contributed by atoms with van der Waals surface area (Å²) >= 11 is 0. The maximum atomic E-state index is 11.8. The number of benzene rings is 1. The van der Waals surface area contributed by atoms with Gasteiger partial charge in [0.05, 0.1) is 13.2 Å². The summed E-state index contributed by atoms with van der Waals surface area (Å²) in [6.07, 6.45) is 0.824. The first kappa shape index (κ1) is 18.0. The summed E-state index contributed by atoms with van der Waals surface area (Å²) in [7, 11) is 3.32. The predicted molar refractivity (Wildman–Crippen MR) is 89.0 cm³/mol. The fraction of sp³-hybridized carbons (Fsp3) is 0.500. The lowest BCUT2D eigenvalue weighted by Crippen LogP contribution is -2.47. The Morgan fingerprint density at radius 2 is 2.00 bits per heavy atom. The maximum Gasteiger partial charge on any atom is 0.239 e. The SMILES string of the molecule is CN=C(NCC(=O)NCCc1ccccc1)NC(C)COC. The Labute approximate surface area is 132 Å². The van der Waals surface area contributed by atoms with Crippen LogP contribution in [-0.2, 0) is 16.0 Å². The van der Waals surface area contributed by atoms with Crippen LogP contribution in [0.1, 0.15) is 12.5 Å². The van der Waals surface area contributed by atoms with E-state index in [1.807, 2.05) is 37.3 Å². The maximum absolute atomic E-state index is 11.8. The van der Waals surface area contributed by atoms with Crippen molar-refractivity contribution in [2.45, 2.75) is 19.4 Å². The Kier molecular flexibility index (Phi) is 8.67. The van der Waals surface area contributed by atoms with Crippen molar-refractivity contribution in [1.29, 1.82) is 0 Å². The van der Waals surface area contributed by atoms with Crippen molar-refractivity contribution in [2.24, 2.45) is 4.99 Å². The van der Waals surface area contributed by atoms with Gasteiger partial charge in [0.25, 0.3) is 0 Å². The van der Waals surface area contributed by atoms with Crippen LogP contribution >= 0.6 is 0 Å². The van der Waals surface area contributed by atoms with Gasteiger partial charge in [0.2, 0.25) is 5.91 Å². The molecule has 1 aromatic rings. The summed E-state index contributed by atoms with van der Waals surface area (Å²) in [5.41, 5.74) is 1.21. The molecule has 1 rings (SSSR count). The van der Waals surface area contributed by atoms with E-state index in [0.29, 0.717) is 19.1 Å². The molecule has 0 fully saturated rings. The number of rotatable bonds is 8. The van der Waals surface area contributed by atoms with E-state index in [1.54, 1.807) is 14.2 Å². The first-order chi connectivity index (χ1) is 10.7. The molecular formula is C16H26N4O2. The van der Waals surface area contributed by atoms with Gasteiger partial charge in [-0.05, 0) is 18.9 Å². The molecule has 0 spiro atoms. The van der Waals surface area contributed by atoms with Gasteiger partial charge >= 0.3 is 0 Å². The Hall–Kier alpha value is -2.08. The lowest BCUT2D eigenvalue weighted by molar-refractivity contribution is -0.119. The second kappa shape index (κ2) is 10.6. The van der Waals surface area contributed by atoms with E-state index >= 15 is 0 Å². The molecule has 0 aliphatic rings. The van der Waals surface area contributed by atoms with Crippen LogP contribution in [0.3, 0.4) is 0 Å². The number of aliphatic imine (C=N–C) groups is 1. The van der Waals surface area contributed by atoms with E-state index in [1.165, 1.54) is 5.56 Å². The van der Waals surface area contributed by atoms with Gasteiger partial charge in [-0.2, -0.15) is 0 Å². The summed E-state index contributed by atoms with van der Waals surface area (Å²) in [6, 6.07) is 10.2. The van der Waals surface area contributed by atoms with Gasteiger partial charge < -0.3 is 20.7 Å². The highest BCUT2D eigenvalue weighted by atomic mass is 16.5. The third-order valence-corrected chi connectivity index (χ3v) is 3.02. The standard InChI is InChI=1S/C16H26N4O2/c1-13(12-22-3)20-16(17-2)19-11-15(21)18-10-9-14-7-5-4-6-8-14/h4-8,13H,9-12H2,1-3H3,(H,18,21)(H2,17,19,20). The summed E-state index contributed by atoms with van der Waals surface area (Å²) in [5, 5.41) is 9.00. The van der Waals surface area contributed by atoms with Gasteiger partial charge in [-0.25, -0.2) is 0 Å². The highest BCUT2D eigenvalue weighted by Crippen LogP contribution is 1.97. The molecule has 0 saturated heterocycles. The molecule has 122 valence electrons. The number of hydrogen-bond donors (Lipinski definition) is 3. The van der Waals surface area contributed by atoms with Crippen LogP contribution in [0.25, 0.3) is 0 Å². The molecule has 0 aliphatic carbocycles. The molecule has 1 atom stereocenters. The lowest BCUT2D eigenvalue weighted by Gasteiger charge is -2.17. The number of amides is 1. The minimum Gasteiger partial charge on any atom is -0.383 e. The predicted octanol–water partition coefficient (Wildman–Crippen LogP) is 0.545. The second-order valence-corrected chi connectivity index (χ2v) is 5.01.